The maximum Gasteiger partial charge on any atom is 0.169 e. The van der Waals surface area contributed by atoms with Gasteiger partial charge >= 0.3 is 0 Å². The van der Waals surface area contributed by atoms with E-state index < -0.39 is 0 Å². The Hall–Kier alpha value is -0.850. The van der Waals surface area contributed by atoms with Gasteiger partial charge in [0.15, 0.2) is 17.9 Å². The van der Waals surface area contributed by atoms with Crippen LogP contribution in [0.5, 0.6) is 0 Å². The summed E-state index contributed by atoms with van der Waals surface area (Å²) < 4.78 is 2.69. The Balaban J connectivity index is 2.42. The SMILES string of the molecule is CCCCCCCCCCCCCCCCCCC(CCCCCCCCCCCCC)(CCCCCCCCCCCCCCCCCC)[n+]1ccccc1. The molecular weight excluding hydrogens is 675 g/mol. The van der Waals surface area contributed by atoms with E-state index >= 15 is 0 Å². The van der Waals surface area contributed by atoms with Crippen LogP contribution in [-0.4, -0.2) is 0 Å². The van der Waals surface area contributed by atoms with E-state index in [1.54, 1.807) is 0 Å². The van der Waals surface area contributed by atoms with Crippen LogP contribution in [0.4, 0.5) is 0 Å². The van der Waals surface area contributed by atoms with Crippen molar-refractivity contribution in [1.29, 1.82) is 0 Å². The third kappa shape index (κ3) is 34.1. The minimum Gasteiger partial charge on any atom is -0.200 e. The fraction of sp³-hybridized carbons (Fsp3) is 0.909. The summed E-state index contributed by atoms with van der Waals surface area (Å²) in [7, 11) is 0. The van der Waals surface area contributed by atoms with Crippen LogP contribution >= 0.6 is 0 Å². The van der Waals surface area contributed by atoms with Crippen molar-refractivity contribution in [2.75, 3.05) is 0 Å². The standard InChI is InChI=1S/C55H106N/c1-4-7-10-13-16-19-22-24-26-28-30-33-36-39-42-46-51-55(56-53-48-44-49-54-56,50-45-41-38-35-32-21-18-15-12-9-6-3)52-47-43-40-37-34-31-29-27-25-23-20-17-14-11-8-5-2/h44,48-49,53-54H,4-43,45-47,50-52H2,1-3H3/q+1. The average Bonchev–Trinajstić information content (AvgIpc) is 3.22. The molecule has 0 amide bonds. The first kappa shape index (κ1) is 53.2. The van der Waals surface area contributed by atoms with Gasteiger partial charge in [-0.1, -0.05) is 284 Å². The largest absolute Gasteiger partial charge is 0.200 e. The zero-order chi connectivity index (χ0) is 40.1. The Labute approximate surface area is 355 Å². The van der Waals surface area contributed by atoms with Crippen molar-refractivity contribution in [1.82, 2.24) is 0 Å². The number of aromatic nitrogens is 1. The first-order chi connectivity index (χ1) is 27.8. The molecule has 1 heterocycles. The smallest absolute Gasteiger partial charge is 0.169 e. The van der Waals surface area contributed by atoms with Crippen molar-refractivity contribution in [2.24, 2.45) is 0 Å². The predicted molar refractivity (Wildman–Crippen MR) is 254 cm³/mol. The third-order valence-corrected chi connectivity index (χ3v) is 13.5. The molecule has 0 saturated carbocycles. The minimum atomic E-state index is 0.326. The van der Waals surface area contributed by atoms with Crippen LogP contribution in [0.1, 0.15) is 316 Å². The zero-order valence-corrected chi connectivity index (χ0v) is 39.4. The Bertz CT molecular complexity index is 810. The fourth-order valence-electron chi connectivity index (χ4n) is 9.60. The number of nitrogens with zero attached hydrogens (tertiary/aromatic N) is 1. The molecule has 1 rings (SSSR count). The molecule has 0 aliphatic carbocycles. The van der Waals surface area contributed by atoms with Gasteiger partial charge < -0.3 is 0 Å². The van der Waals surface area contributed by atoms with Crippen LogP contribution in [0.3, 0.4) is 0 Å². The van der Waals surface area contributed by atoms with Gasteiger partial charge in [0.1, 0.15) is 0 Å². The van der Waals surface area contributed by atoms with E-state index in [2.05, 4.69) is 55.9 Å². The summed E-state index contributed by atoms with van der Waals surface area (Å²) in [5.74, 6) is 0. The number of rotatable bonds is 47. The molecule has 0 aliphatic heterocycles. The summed E-state index contributed by atoms with van der Waals surface area (Å²) in [5, 5.41) is 0. The van der Waals surface area contributed by atoms with Crippen molar-refractivity contribution >= 4 is 0 Å². The molecule has 0 saturated heterocycles. The molecular formula is C55H106N+. The lowest BCUT2D eigenvalue weighted by atomic mass is 9.81. The Kier molecular flexibility index (Phi) is 41.5. The highest BCUT2D eigenvalue weighted by molar-refractivity contribution is 4.86. The first-order valence-corrected chi connectivity index (χ1v) is 26.8. The van der Waals surface area contributed by atoms with Crippen molar-refractivity contribution in [3.63, 3.8) is 0 Å². The summed E-state index contributed by atoms with van der Waals surface area (Å²) in [4.78, 5) is 0. The predicted octanol–water partition coefficient (Wildman–Crippen LogP) is 19.7. The van der Waals surface area contributed by atoms with Crippen molar-refractivity contribution in [3.8, 4) is 0 Å². The highest BCUT2D eigenvalue weighted by Gasteiger charge is 2.37. The van der Waals surface area contributed by atoms with Crippen LogP contribution in [0, 0.1) is 0 Å². The molecule has 1 aromatic rings. The lowest BCUT2D eigenvalue weighted by Gasteiger charge is -2.29. The molecule has 330 valence electrons. The molecule has 0 aromatic carbocycles. The third-order valence-electron chi connectivity index (χ3n) is 13.5. The van der Waals surface area contributed by atoms with Gasteiger partial charge in [0.25, 0.3) is 0 Å². The number of unbranched alkanes of at least 4 members (excludes halogenated alkanes) is 40. The van der Waals surface area contributed by atoms with Crippen molar-refractivity contribution < 1.29 is 4.57 Å². The lowest BCUT2D eigenvalue weighted by Crippen LogP contribution is -2.55. The molecule has 0 bridgehead atoms. The highest BCUT2D eigenvalue weighted by atomic mass is 15.0. The molecule has 0 unspecified atom stereocenters. The summed E-state index contributed by atoms with van der Waals surface area (Å²) in [5.41, 5.74) is 0.326. The van der Waals surface area contributed by atoms with Crippen LogP contribution in [0.2, 0.25) is 0 Å². The van der Waals surface area contributed by atoms with E-state index in [1.807, 2.05) is 0 Å². The molecule has 0 radical (unpaired) electrons. The molecule has 56 heavy (non-hydrogen) atoms. The van der Waals surface area contributed by atoms with Crippen LogP contribution < -0.4 is 4.57 Å². The van der Waals surface area contributed by atoms with Gasteiger partial charge in [-0.15, -0.1) is 0 Å². The van der Waals surface area contributed by atoms with Crippen LogP contribution in [0.15, 0.2) is 30.6 Å². The highest BCUT2D eigenvalue weighted by Crippen LogP contribution is 2.32. The van der Waals surface area contributed by atoms with E-state index in [1.165, 1.54) is 295 Å². The second kappa shape index (κ2) is 43.7. The zero-order valence-electron chi connectivity index (χ0n) is 39.4. The van der Waals surface area contributed by atoms with Gasteiger partial charge in [-0.2, -0.15) is 4.57 Å². The maximum atomic E-state index is 2.69. The molecule has 0 aliphatic rings. The second-order valence-corrected chi connectivity index (χ2v) is 18.9. The van der Waals surface area contributed by atoms with Crippen LogP contribution in [0.25, 0.3) is 0 Å². The molecule has 1 heteroatoms. The molecule has 1 aromatic heterocycles. The molecule has 0 spiro atoms. The van der Waals surface area contributed by atoms with Gasteiger partial charge in [-0.25, -0.2) is 0 Å². The second-order valence-electron chi connectivity index (χ2n) is 18.9. The van der Waals surface area contributed by atoms with Crippen molar-refractivity contribution in [3.05, 3.63) is 30.6 Å². The van der Waals surface area contributed by atoms with Gasteiger partial charge in [-0.05, 0) is 19.3 Å². The first-order valence-electron chi connectivity index (χ1n) is 26.8. The Morgan fingerprint density at radius 1 is 0.232 bits per heavy atom. The Morgan fingerprint density at radius 2 is 0.411 bits per heavy atom. The fourth-order valence-corrected chi connectivity index (χ4v) is 9.60. The van der Waals surface area contributed by atoms with Gasteiger partial charge in [-0.3, -0.25) is 0 Å². The van der Waals surface area contributed by atoms with Gasteiger partial charge in [0, 0.05) is 31.4 Å². The molecule has 1 nitrogen and oxygen atoms in total. The normalized spacial score (nSPS) is 11.9. The van der Waals surface area contributed by atoms with E-state index in [0.717, 1.165) is 0 Å². The summed E-state index contributed by atoms with van der Waals surface area (Å²) in [6.07, 6.45) is 71.4. The van der Waals surface area contributed by atoms with E-state index in [4.69, 9.17) is 0 Å². The lowest BCUT2D eigenvalue weighted by molar-refractivity contribution is -0.768. The minimum absolute atomic E-state index is 0.326. The topological polar surface area (TPSA) is 3.88 Å². The summed E-state index contributed by atoms with van der Waals surface area (Å²) in [6.45, 7) is 6.96. The van der Waals surface area contributed by atoms with Gasteiger partial charge in [0.2, 0.25) is 0 Å². The van der Waals surface area contributed by atoms with E-state index in [0.29, 0.717) is 5.54 Å². The quantitative estimate of drug-likeness (QED) is 0.0458. The van der Waals surface area contributed by atoms with E-state index in [9.17, 15) is 0 Å². The van der Waals surface area contributed by atoms with Gasteiger partial charge in [0.05, 0.1) is 0 Å². The average molecular weight is 781 g/mol. The molecule has 0 atom stereocenters. The molecule has 0 N–H and O–H groups in total. The number of hydrogen-bond donors (Lipinski definition) is 0. The maximum absolute atomic E-state index is 2.69. The van der Waals surface area contributed by atoms with Crippen LogP contribution in [-0.2, 0) is 5.54 Å². The molecule has 0 fully saturated rings. The number of pyridine rings is 1. The summed E-state index contributed by atoms with van der Waals surface area (Å²) >= 11 is 0. The number of hydrogen-bond acceptors (Lipinski definition) is 0. The van der Waals surface area contributed by atoms with E-state index in [-0.39, 0.29) is 0 Å². The van der Waals surface area contributed by atoms with Crippen molar-refractivity contribution in [2.45, 2.75) is 322 Å². The monoisotopic (exact) mass is 781 g/mol. The summed E-state index contributed by atoms with van der Waals surface area (Å²) in [6, 6.07) is 6.83. The Morgan fingerprint density at radius 3 is 0.607 bits per heavy atom.